The fourth-order valence-corrected chi connectivity index (χ4v) is 3.44. The number of nitrogens with one attached hydrogen (secondary N) is 2. The van der Waals surface area contributed by atoms with Gasteiger partial charge >= 0.3 is 5.97 Å². The van der Waals surface area contributed by atoms with Gasteiger partial charge in [-0.15, -0.1) is 0 Å². The number of H-pyrrole nitrogens is 1. The lowest BCUT2D eigenvalue weighted by Crippen LogP contribution is -2.32. The van der Waals surface area contributed by atoms with Gasteiger partial charge in [0.25, 0.3) is 5.91 Å². The number of aromatic amines is 1. The highest BCUT2D eigenvalue weighted by atomic mass is 16.5. The van der Waals surface area contributed by atoms with Crippen LogP contribution in [0.2, 0.25) is 0 Å². The number of benzene rings is 2. The first kappa shape index (κ1) is 17.7. The predicted molar refractivity (Wildman–Crippen MR) is 103 cm³/mol. The van der Waals surface area contributed by atoms with Crippen LogP contribution in [0.4, 0.5) is 0 Å². The SMILES string of the molecule is CC(=O)c1c[nH]c(C(=O)OCC(=O)NC2c3ccccc3-c3ccccc32)c1. The molecule has 0 bridgehead atoms. The second-order valence-electron chi connectivity index (χ2n) is 6.61. The molecule has 0 aliphatic heterocycles. The lowest BCUT2D eigenvalue weighted by Gasteiger charge is -2.15. The number of amides is 1. The number of fused-ring (bicyclic) bond motifs is 3. The summed E-state index contributed by atoms with van der Waals surface area (Å²) in [7, 11) is 0. The van der Waals surface area contributed by atoms with Crippen LogP contribution in [0.5, 0.6) is 0 Å². The Hall–Kier alpha value is -3.67. The highest BCUT2D eigenvalue weighted by molar-refractivity contribution is 5.97. The Bertz CT molecular complexity index is 1040. The van der Waals surface area contributed by atoms with E-state index in [-0.39, 0.29) is 17.5 Å². The Labute approximate surface area is 161 Å². The van der Waals surface area contributed by atoms with Crippen LogP contribution in [0, 0.1) is 0 Å². The molecule has 1 heterocycles. The summed E-state index contributed by atoms with van der Waals surface area (Å²) in [6.07, 6.45) is 1.44. The maximum atomic E-state index is 12.4. The molecule has 4 rings (SSSR count). The molecule has 3 aromatic rings. The van der Waals surface area contributed by atoms with Crippen LogP contribution in [-0.2, 0) is 9.53 Å². The van der Waals surface area contributed by atoms with E-state index in [9.17, 15) is 14.4 Å². The van der Waals surface area contributed by atoms with Gasteiger partial charge in [-0.1, -0.05) is 48.5 Å². The molecule has 1 aromatic heterocycles. The first-order valence-corrected chi connectivity index (χ1v) is 8.88. The third-order valence-corrected chi connectivity index (χ3v) is 4.78. The van der Waals surface area contributed by atoms with Crippen molar-refractivity contribution in [2.75, 3.05) is 6.61 Å². The predicted octanol–water partition coefficient (Wildman–Crippen LogP) is 3.26. The molecule has 0 fully saturated rings. The van der Waals surface area contributed by atoms with E-state index in [0.29, 0.717) is 5.56 Å². The van der Waals surface area contributed by atoms with Crippen LogP contribution in [0.1, 0.15) is 44.9 Å². The molecule has 140 valence electrons. The first-order valence-electron chi connectivity index (χ1n) is 8.88. The van der Waals surface area contributed by atoms with Gasteiger partial charge in [-0.3, -0.25) is 9.59 Å². The fraction of sp³-hybridized carbons (Fsp3) is 0.136. The van der Waals surface area contributed by atoms with Gasteiger partial charge in [0.2, 0.25) is 0 Å². The molecular weight excluding hydrogens is 356 g/mol. The van der Waals surface area contributed by atoms with Crippen molar-refractivity contribution in [1.82, 2.24) is 10.3 Å². The van der Waals surface area contributed by atoms with Crippen molar-refractivity contribution in [1.29, 1.82) is 0 Å². The molecule has 0 unspecified atom stereocenters. The molecule has 0 saturated carbocycles. The van der Waals surface area contributed by atoms with Crippen LogP contribution in [-0.4, -0.2) is 29.3 Å². The Kier molecular flexibility index (Phi) is 4.53. The molecule has 2 N–H and O–H groups in total. The van der Waals surface area contributed by atoms with E-state index in [1.54, 1.807) is 0 Å². The number of ketones is 1. The summed E-state index contributed by atoms with van der Waals surface area (Å²) in [6.45, 7) is 0.997. The summed E-state index contributed by atoms with van der Waals surface area (Å²) in [4.78, 5) is 38.5. The van der Waals surface area contributed by atoms with E-state index in [1.807, 2.05) is 48.5 Å². The van der Waals surface area contributed by atoms with Crippen LogP contribution in [0.15, 0.2) is 60.8 Å². The highest BCUT2D eigenvalue weighted by Gasteiger charge is 2.29. The van der Waals surface area contributed by atoms with Gasteiger partial charge in [0.1, 0.15) is 5.69 Å². The lowest BCUT2D eigenvalue weighted by atomic mass is 10.1. The maximum Gasteiger partial charge on any atom is 0.355 e. The Morgan fingerprint density at radius 2 is 1.61 bits per heavy atom. The molecule has 0 atom stereocenters. The highest BCUT2D eigenvalue weighted by Crippen LogP contribution is 2.42. The van der Waals surface area contributed by atoms with Gasteiger partial charge < -0.3 is 15.0 Å². The molecule has 0 radical (unpaired) electrons. The zero-order chi connectivity index (χ0) is 19.7. The van der Waals surface area contributed by atoms with E-state index >= 15 is 0 Å². The van der Waals surface area contributed by atoms with E-state index in [2.05, 4.69) is 10.3 Å². The summed E-state index contributed by atoms with van der Waals surface area (Å²) in [6, 6.07) is 16.9. The Balaban J connectivity index is 1.44. The molecule has 1 aliphatic rings. The zero-order valence-electron chi connectivity index (χ0n) is 15.2. The van der Waals surface area contributed by atoms with Gasteiger partial charge in [0.15, 0.2) is 12.4 Å². The van der Waals surface area contributed by atoms with Gasteiger partial charge in [-0.25, -0.2) is 4.79 Å². The van der Waals surface area contributed by atoms with Crippen LogP contribution in [0.25, 0.3) is 11.1 Å². The summed E-state index contributed by atoms with van der Waals surface area (Å²) in [5, 5.41) is 2.94. The van der Waals surface area contributed by atoms with Crippen LogP contribution < -0.4 is 5.32 Å². The number of rotatable bonds is 5. The van der Waals surface area contributed by atoms with Crippen LogP contribution in [0.3, 0.4) is 0 Å². The molecule has 0 spiro atoms. The largest absolute Gasteiger partial charge is 0.451 e. The monoisotopic (exact) mass is 374 g/mol. The molecule has 6 nitrogen and oxygen atoms in total. The van der Waals surface area contributed by atoms with Crippen molar-refractivity contribution in [3.05, 3.63) is 83.2 Å². The molecule has 0 saturated heterocycles. The molecular formula is C22H18N2O4. The average Bonchev–Trinajstić information content (AvgIpc) is 3.31. The molecule has 2 aromatic carbocycles. The summed E-state index contributed by atoms with van der Waals surface area (Å²) in [5.74, 6) is -1.25. The van der Waals surface area contributed by atoms with Gasteiger partial charge in [0.05, 0.1) is 6.04 Å². The smallest absolute Gasteiger partial charge is 0.355 e. The topological polar surface area (TPSA) is 88.3 Å². The number of hydrogen-bond donors (Lipinski definition) is 2. The second-order valence-corrected chi connectivity index (χ2v) is 6.61. The quantitative estimate of drug-likeness (QED) is 0.530. The third kappa shape index (κ3) is 3.20. The maximum absolute atomic E-state index is 12.4. The number of esters is 1. The first-order chi connectivity index (χ1) is 13.5. The lowest BCUT2D eigenvalue weighted by molar-refractivity contribution is -0.124. The summed E-state index contributed by atoms with van der Waals surface area (Å²) in [5.41, 5.74) is 4.72. The van der Waals surface area contributed by atoms with E-state index in [4.69, 9.17) is 4.74 Å². The van der Waals surface area contributed by atoms with E-state index in [0.717, 1.165) is 22.3 Å². The fourth-order valence-electron chi connectivity index (χ4n) is 3.44. The minimum atomic E-state index is -0.685. The van der Waals surface area contributed by atoms with E-state index < -0.39 is 18.5 Å². The number of ether oxygens (including phenoxy) is 1. The Morgan fingerprint density at radius 3 is 2.18 bits per heavy atom. The van der Waals surface area contributed by atoms with Crippen molar-refractivity contribution >= 4 is 17.7 Å². The van der Waals surface area contributed by atoms with Gasteiger partial charge in [-0.05, 0) is 35.2 Å². The minimum Gasteiger partial charge on any atom is -0.451 e. The number of aromatic nitrogens is 1. The molecule has 1 aliphatic carbocycles. The van der Waals surface area contributed by atoms with Gasteiger partial charge in [-0.2, -0.15) is 0 Å². The molecule has 6 heteroatoms. The number of hydrogen-bond acceptors (Lipinski definition) is 4. The number of carbonyl (C=O) groups excluding carboxylic acids is 3. The average molecular weight is 374 g/mol. The van der Waals surface area contributed by atoms with Crippen molar-refractivity contribution < 1.29 is 19.1 Å². The molecule has 28 heavy (non-hydrogen) atoms. The summed E-state index contributed by atoms with van der Waals surface area (Å²) < 4.78 is 5.08. The number of Topliss-reactive ketones (excluding diaryl/α,β-unsaturated/α-hetero) is 1. The van der Waals surface area contributed by atoms with Crippen molar-refractivity contribution in [2.24, 2.45) is 0 Å². The second kappa shape index (κ2) is 7.15. The summed E-state index contributed by atoms with van der Waals surface area (Å²) >= 11 is 0. The Morgan fingerprint density at radius 1 is 1.00 bits per heavy atom. The van der Waals surface area contributed by atoms with Crippen molar-refractivity contribution in [3.63, 3.8) is 0 Å². The standard InChI is InChI=1S/C22H18N2O4/c1-13(25)14-10-19(23-11-14)22(27)28-12-20(26)24-21-17-8-4-2-6-15(17)16-7-3-5-9-18(16)21/h2-11,21,23H,12H2,1H3,(H,24,26). The minimum absolute atomic E-state index is 0.134. The van der Waals surface area contributed by atoms with Crippen molar-refractivity contribution in [2.45, 2.75) is 13.0 Å². The van der Waals surface area contributed by atoms with Gasteiger partial charge in [0, 0.05) is 11.8 Å². The number of carbonyl (C=O) groups is 3. The van der Waals surface area contributed by atoms with Crippen LogP contribution >= 0.6 is 0 Å². The van der Waals surface area contributed by atoms with E-state index in [1.165, 1.54) is 19.2 Å². The van der Waals surface area contributed by atoms with Crippen molar-refractivity contribution in [3.8, 4) is 11.1 Å². The normalized spacial score (nSPS) is 12.2. The molecule has 1 amide bonds. The third-order valence-electron chi connectivity index (χ3n) is 4.78. The zero-order valence-corrected chi connectivity index (χ0v) is 15.2.